The first-order valence-corrected chi connectivity index (χ1v) is 7.67. The molecule has 0 atom stereocenters. The molecular weight excluding hydrogens is 304 g/mol. The zero-order valence-corrected chi connectivity index (χ0v) is 11.3. The molecule has 1 aromatic heterocycles. The SMILES string of the molecule is O=C1c2ccccc2S(=O)(=O)N1c1ccsc1[N+](=O)[O-]. The molecule has 0 saturated carbocycles. The van der Waals surface area contributed by atoms with Crippen LogP contribution in [0.1, 0.15) is 10.4 Å². The highest BCUT2D eigenvalue weighted by Gasteiger charge is 2.44. The highest BCUT2D eigenvalue weighted by atomic mass is 32.2. The predicted octanol–water partition coefficient (Wildman–Crippen LogP) is 2.01. The highest BCUT2D eigenvalue weighted by Crippen LogP contribution is 2.41. The number of rotatable bonds is 2. The number of hydrogen-bond donors (Lipinski definition) is 0. The lowest BCUT2D eigenvalue weighted by atomic mass is 10.2. The molecule has 2 aromatic rings. The van der Waals surface area contributed by atoms with E-state index in [1.54, 1.807) is 0 Å². The second-order valence-corrected chi connectivity index (χ2v) is 6.59. The lowest BCUT2D eigenvalue weighted by Crippen LogP contribution is -2.29. The standard InChI is InChI=1S/C11H6N2O5S2/c14-10-7-3-1-2-4-9(7)20(17,18)12(10)8-5-6-19-11(8)13(15)16/h1-6H. The Morgan fingerprint density at radius 2 is 1.90 bits per heavy atom. The zero-order valence-electron chi connectivity index (χ0n) is 9.72. The van der Waals surface area contributed by atoms with Crippen molar-refractivity contribution in [3.05, 3.63) is 51.4 Å². The fourth-order valence-electron chi connectivity index (χ4n) is 2.01. The second kappa shape index (κ2) is 4.12. The molecule has 0 bridgehead atoms. The van der Waals surface area contributed by atoms with Crippen LogP contribution in [-0.4, -0.2) is 19.2 Å². The number of anilines is 1. The molecule has 2 heterocycles. The zero-order chi connectivity index (χ0) is 14.5. The number of fused-ring (bicyclic) bond motifs is 1. The van der Waals surface area contributed by atoms with Crippen LogP contribution in [0, 0.1) is 10.1 Å². The summed E-state index contributed by atoms with van der Waals surface area (Å²) < 4.78 is 25.2. The molecule has 0 N–H and O–H groups in total. The van der Waals surface area contributed by atoms with Gasteiger partial charge in [-0.25, -0.2) is 8.42 Å². The van der Waals surface area contributed by atoms with E-state index in [1.165, 1.54) is 35.7 Å². The van der Waals surface area contributed by atoms with Gasteiger partial charge in [-0.05, 0) is 23.6 Å². The summed E-state index contributed by atoms with van der Waals surface area (Å²) in [4.78, 5) is 22.3. The van der Waals surface area contributed by atoms with E-state index in [-0.39, 0.29) is 21.1 Å². The Bertz CT molecular complexity index is 840. The second-order valence-electron chi connectivity index (χ2n) is 3.94. The van der Waals surface area contributed by atoms with Gasteiger partial charge in [-0.1, -0.05) is 23.5 Å². The number of amides is 1. The molecule has 0 spiro atoms. The Labute approximate surface area is 117 Å². The van der Waals surface area contributed by atoms with Crippen LogP contribution < -0.4 is 4.31 Å². The number of sulfonamides is 1. The van der Waals surface area contributed by atoms with Crippen LogP contribution in [0.5, 0.6) is 0 Å². The summed E-state index contributed by atoms with van der Waals surface area (Å²) in [5.74, 6) is -0.776. The van der Waals surface area contributed by atoms with Gasteiger partial charge in [0.1, 0.15) is 4.90 Å². The smallest absolute Gasteiger partial charge is 0.268 e. The fourth-order valence-corrected chi connectivity index (χ4v) is 4.36. The first-order chi connectivity index (χ1) is 9.44. The first-order valence-electron chi connectivity index (χ1n) is 5.35. The molecule has 102 valence electrons. The van der Waals surface area contributed by atoms with Gasteiger partial charge < -0.3 is 0 Å². The number of hydrogen-bond acceptors (Lipinski definition) is 6. The van der Waals surface area contributed by atoms with Crippen molar-refractivity contribution < 1.29 is 18.1 Å². The van der Waals surface area contributed by atoms with Crippen molar-refractivity contribution in [2.45, 2.75) is 4.90 Å². The highest BCUT2D eigenvalue weighted by molar-refractivity contribution is 7.94. The van der Waals surface area contributed by atoms with Crippen LogP contribution in [-0.2, 0) is 10.0 Å². The van der Waals surface area contributed by atoms with Crippen LogP contribution in [0.2, 0.25) is 0 Å². The number of carbonyl (C=O) groups excluding carboxylic acids is 1. The van der Waals surface area contributed by atoms with E-state index in [9.17, 15) is 23.3 Å². The molecule has 0 unspecified atom stereocenters. The number of benzene rings is 1. The van der Waals surface area contributed by atoms with Gasteiger partial charge >= 0.3 is 5.00 Å². The minimum Gasteiger partial charge on any atom is -0.268 e. The van der Waals surface area contributed by atoms with Gasteiger partial charge in [0.2, 0.25) is 0 Å². The average molecular weight is 310 g/mol. The van der Waals surface area contributed by atoms with Crippen molar-refractivity contribution in [1.29, 1.82) is 0 Å². The van der Waals surface area contributed by atoms with E-state index in [4.69, 9.17) is 0 Å². The number of thiophene rings is 1. The molecular formula is C11H6N2O5S2. The normalized spacial score (nSPS) is 16.2. The van der Waals surface area contributed by atoms with Crippen LogP contribution in [0.3, 0.4) is 0 Å². The van der Waals surface area contributed by atoms with Crippen LogP contribution in [0.4, 0.5) is 10.7 Å². The first kappa shape index (κ1) is 12.8. The number of carbonyl (C=O) groups is 1. The Kier molecular flexibility index (Phi) is 2.63. The minimum absolute atomic E-state index is 0.0213. The van der Waals surface area contributed by atoms with Gasteiger partial charge in [0, 0.05) is 0 Å². The van der Waals surface area contributed by atoms with Crippen molar-refractivity contribution in [2.24, 2.45) is 0 Å². The monoisotopic (exact) mass is 310 g/mol. The van der Waals surface area contributed by atoms with E-state index in [0.29, 0.717) is 4.31 Å². The minimum atomic E-state index is -4.09. The largest absolute Gasteiger partial charge is 0.348 e. The van der Waals surface area contributed by atoms with E-state index >= 15 is 0 Å². The Morgan fingerprint density at radius 1 is 1.20 bits per heavy atom. The van der Waals surface area contributed by atoms with E-state index < -0.39 is 20.9 Å². The van der Waals surface area contributed by atoms with E-state index in [0.717, 1.165) is 11.3 Å². The summed E-state index contributed by atoms with van der Waals surface area (Å²) in [7, 11) is -4.09. The van der Waals surface area contributed by atoms with Gasteiger partial charge in [0.05, 0.1) is 10.5 Å². The molecule has 0 aliphatic carbocycles. The maximum absolute atomic E-state index is 12.4. The summed E-state index contributed by atoms with van der Waals surface area (Å²) in [6.07, 6.45) is 0. The molecule has 1 aromatic carbocycles. The van der Waals surface area contributed by atoms with E-state index in [1.807, 2.05) is 0 Å². The van der Waals surface area contributed by atoms with Gasteiger partial charge in [0.15, 0.2) is 5.69 Å². The lowest BCUT2D eigenvalue weighted by molar-refractivity contribution is -0.379. The molecule has 0 saturated heterocycles. The fraction of sp³-hybridized carbons (Fsp3) is 0. The molecule has 20 heavy (non-hydrogen) atoms. The third kappa shape index (κ3) is 1.57. The van der Waals surface area contributed by atoms with Crippen molar-refractivity contribution in [2.75, 3.05) is 4.31 Å². The van der Waals surface area contributed by atoms with Gasteiger partial charge in [-0.2, -0.15) is 4.31 Å². The molecule has 7 nitrogen and oxygen atoms in total. The number of nitrogens with zero attached hydrogens (tertiary/aromatic N) is 2. The molecule has 1 aliphatic heterocycles. The van der Waals surface area contributed by atoms with E-state index in [2.05, 4.69) is 0 Å². The quantitative estimate of drug-likeness (QED) is 0.624. The van der Waals surface area contributed by atoms with Crippen molar-refractivity contribution >= 4 is 38.0 Å². The average Bonchev–Trinajstić information content (AvgIpc) is 2.93. The molecule has 1 aliphatic rings. The summed E-state index contributed by atoms with van der Waals surface area (Å²) in [5.41, 5.74) is -0.200. The Hall–Kier alpha value is -2.26. The Balaban J connectivity index is 2.25. The summed E-state index contributed by atoms with van der Waals surface area (Å²) in [5, 5.41) is 11.9. The molecule has 0 radical (unpaired) electrons. The Morgan fingerprint density at radius 3 is 2.55 bits per heavy atom. The lowest BCUT2D eigenvalue weighted by Gasteiger charge is -2.12. The van der Waals surface area contributed by atoms with Crippen LogP contribution >= 0.6 is 11.3 Å². The van der Waals surface area contributed by atoms with Crippen LogP contribution in [0.15, 0.2) is 40.6 Å². The maximum atomic E-state index is 12.4. The third-order valence-corrected chi connectivity index (χ3v) is 5.44. The maximum Gasteiger partial charge on any atom is 0.348 e. The van der Waals surface area contributed by atoms with Gasteiger partial charge in [-0.15, -0.1) is 0 Å². The van der Waals surface area contributed by atoms with Crippen molar-refractivity contribution in [3.63, 3.8) is 0 Å². The van der Waals surface area contributed by atoms with Gasteiger partial charge in [-0.3, -0.25) is 14.9 Å². The third-order valence-electron chi connectivity index (χ3n) is 2.83. The summed E-state index contributed by atoms with van der Waals surface area (Å²) in [6, 6.07) is 6.98. The summed E-state index contributed by atoms with van der Waals surface area (Å²) in [6.45, 7) is 0. The van der Waals surface area contributed by atoms with Gasteiger partial charge in [0.25, 0.3) is 15.9 Å². The molecule has 0 fully saturated rings. The molecule has 1 amide bonds. The predicted molar refractivity (Wildman–Crippen MR) is 71.4 cm³/mol. The van der Waals surface area contributed by atoms with Crippen LogP contribution in [0.25, 0.3) is 0 Å². The van der Waals surface area contributed by atoms with Crippen molar-refractivity contribution in [1.82, 2.24) is 0 Å². The topological polar surface area (TPSA) is 97.6 Å². The number of nitro groups is 1. The molecule has 3 rings (SSSR count). The summed E-state index contributed by atoms with van der Waals surface area (Å²) >= 11 is 0.769. The molecule has 9 heteroatoms. The van der Waals surface area contributed by atoms with Crippen molar-refractivity contribution in [3.8, 4) is 0 Å².